The molecule has 0 bridgehead atoms. The summed E-state index contributed by atoms with van der Waals surface area (Å²) in [6.07, 6.45) is 1.16. The van der Waals surface area contributed by atoms with Gasteiger partial charge >= 0.3 is 11.4 Å². The van der Waals surface area contributed by atoms with Crippen molar-refractivity contribution in [3.63, 3.8) is 0 Å². The number of nitro groups is 1. The van der Waals surface area contributed by atoms with Gasteiger partial charge in [-0.25, -0.2) is 4.79 Å². The molecule has 178 valence electrons. The van der Waals surface area contributed by atoms with Gasteiger partial charge in [-0.3, -0.25) is 14.9 Å². The molecule has 1 heterocycles. The zero-order chi connectivity index (χ0) is 25.1. The summed E-state index contributed by atoms with van der Waals surface area (Å²) < 4.78 is 13.4. The molecule has 0 fully saturated rings. The Bertz CT molecular complexity index is 1600. The summed E-state index contributed by atoms with van der Waals surface area (Å²) in [4.78, 5) is 38.7. The van der Waals surface area contributed by atoms with E-state index < -0.39 is 16.2 Å². The average molecular weight is 604 g/mol. The minimum atomic E-state index is -0.744. The van der Waals surface area contributed by atoms with Crippen LogP contribution in [0.2, 0.25) is 0 Å². The Morgan fingerprint density at radius 3 is 2.63 bits per heavy atom. The van der Waals surface area contributed by atoms with Crippen LogP contribution in [0.1, 0.15) is 11.1 Å². The van der Waals surface area contributed by atoms with Gasteiger partial charge in [0.1, 0.15) is 6.61 Å². The van der Waals surface area contributed by atoms with Crippen molar-refractivity contribution >= 4 is 54.7 Å². The van der Waals surface area contributed by atoms with Crippen LogP contribution in [0.25, 0.3) is 10.9 Å². The van der Waals surface area contributed by atoms with Gasteiger partial charge in [-0.1, -0.05) is 50.1 Å². The maximum absolute atomic E-state index is 12.7. The lowest BCUT2D eigenvalue weighted by atomic mass is 10.1. The molecular formula is C23H16Br2N4O6. The number of aromatic amines is 1. The fraction of sp³-hybridized carbons (Fsp3) is 0.0870. The minimum absolute atomic E-state index is 0.0420. The number of halogens is 2. The van der Waals surface area contributed by atoms with Crippen LogP contribution in [0.4, 0.5) is 5.69 Å². The van der Waals surface area contributed by atoms with Crippen LogP contribution in [0, 0.1) is 10.1 Å². The summed E-state index contributed by atoms with van der Waals surface area (Å²) in [5.74, 6) is 0.0267. The van der Waals surface area contributed by atoms with E-state index in [1.807, 2.05) is 18.2 Å². The lowest BCUT2D eigenvalue weighted by Gasteiger charge is -2.13. The number of hydrogen-bond acceptors (Lipinski definition) is 7. The summed E-state index contributed by atoms with van der Waals surface area (Å²) in [7, 11) is 1.35. The summed E-state index contributed by atoms with van der Waals surface area (Å²) in [6, 6.07) is 14.7. The molecule has 0 aliphatic rings. The van der Waals surface area contributed by atoms with E-state index in [1.54, 1.807) is 24.3 Å². The van der Waals surface area contributed by atoms with Crippen LogP contribution in [-0.4, -0.2) is 27.9 Å². The van der Waals surface area contributed by atoms with Crippen LogP contribution in [-0.2, 0) is 6.61 Å². The first kappa shape index (κ1) is 24.4. The number of nitrogens with zero attached hydrogens (tertiary/aromatic N) is 3. The third-order valence-corrected chi connectivity index (χ3v) is 6.20. The molecule has 0 saturated heterocycles. The first-order valence-corrected chi connectivity index (χ1v) is 11.6. The van der Waals surface area contributed by atoms with Crippen molar-refractivity contribution in [2.45, 2.75) is 6.61 Å². The Morgan fingerprint density at radius 1 is 1.14 bits per heavy atom. The second-order valence-corrected chi connectivity index (χ2v) is 8.96. The Hall–Kier alpha value is -3.77. The van der Waals surface area contributed by atoms with Gasteiger partial charge in [0.15, 0.2) is 5.75 Å². The van der Waals surface area contributed by atoms with E-state index in [4.69, 9.17) is 9.47 Å². The van der Waals surface area contributed by atoms with Gasteiger partial charge in [-0.05, 0) is 30.3 Å². The quantitative estimate of drug-likeness (QED) is 0.187. The maximum atomic E-state index is 12.7. The van der Waals surface area contributed by atoms with E-state index in [2.05, 4.69) is 41.9 Å². The van der Waals surface area contributed by atoms with E-state index in [9.17, 15) is 19.7 Å². The number of nitrogens with one attached hydrogen (secondary N) is 1. The van der Waals surface area contributed by atoms with Crippen molar-refractivity contribution in [1.29, 1.82) is 0 Å². The largest absolute Gasteiger partial charge is 0.493 e. The number of fused-ring (bicyclic) bond motifs is 1. The molecule has 0 atom stereocenters. The van der Waals surface area contributed by atoms with Crippen molar-refractivity contribution in [3.8, 4) is 11.5 Å². The molecule has 0 aliphatic carbocycles. The van der Waals surface area contributed by atoms with E-state index >= 15 is 0 Å². The molecule has 3 aromatic carbocycles. The van der Waals surface area contributed by atoms with Gasteiger partial charge in [0.05, 0.1) is 29.2 Å². The lowest BCUT2D eigenvalue weighted by molar-refractivity contribution is -0.386. The fourth-order valence-electron chi connectivity index (χ4n) is 3.29. The zero-order valence-electron chi connectivity index (χ0n) is 18.0. The van der Waals surface area contributed by atoms with Crippen molar-refractivity contribution in [2.24, 2.45) is 5.10 Å². The molecule has 1 aromatic heterocycles. The summed E-state index contributed by atoms with van der Waals surface area (Å²) in [6.45, 7) is 0.0420. The summed E-state index contributed by atoms with van der Waals surface area (Å²) >= 11 is 6.81. The minimum Gasteiger partial charge on any atom is -0.493 e. The highest BCUT2D eigenvalue weighted by Crippen LogP contribution is 2.39. The average Bonchev–Trinajstić information content (AvgIpc) is 2.83. The molecule has 0 unspecified atom stereocenters. The molecule has 4 rings (SSSR count). The van der Waals surface area contributed by atoms with Gasteiger partial charge in [-0.2, -0.15) is 5.10 Å². The number of H-pyrrole nitrogens is 1. The van der Waals surface area contributed by atoms with Crippen LogP contribution < -0.4 is 20.7 Å². The molecule has 1 N–H and O–H groups in total. The van der Waals surface area contributed by atoms with Crippen LogP contribution in [0.15, 0.2) is 78.2 Å². The van der Waals surface area contributed by atoms with Gasteiger partial charge in [0.25, 0.3) is 5.56 Å². The molecule has 0 aliphatic heterocycles. The normalized spacial score (nSPS) is 11.2. The van der Waals surface area contributed by atoms with Crippen LogP contribution in [0.5, 0.6) is 11.5 Å². The topological polar surface area (TPSA) is 129 Å². The Labute approximate surface area is 214 Å². The Morgan fingerprint density at radius 2 is 1.91 bits per heavy atom. The number of para-hydroxylation sites is 1. The number of methoxy groups -OCH3 is 1. The maximum Gasteiger partial charge on any atom is 0.349 e. The first-order valence-electron chi connectivity index (χ1n) is 10.00. The zero-order valence-corrected chi connectivity index (χ0v) is 21.2. The van der Waals surface area contributed by atoms with Crippen LogP contribution >= 0.6 is 31.9 Å². The molecule has 0 amide bonds. The smallest absolute Gasteiger partial charge is 0.349 e. The second kappa shape index (κ2) is 10.2. The number of benzene rings is 3. The highest BCUT2D eigenvalue weighted by molar-refractivity contribution is 9.11. The van der Waals surface area contributed by atoms with Crippen molar-refractivity contribution in [1.82, 2.24) is 9.66 Å². The van der Waals surface area contributed by atoms with Crippen molar-refractivity contribution in [3.05, 3.63) is 106 Å². The van der Waals surface area contributed by atoms with Crippen molar-refractivity contribution < 1.29 is 14.4 Å². The monoisotopic (exact) mass is 602 g/mol. The molecule has 10 nitrogen and oxygen atoms in total. The van der Waals surface area contributed by atoms with E-state index in [0.717, 1.165) is 20.7 Å². The molecule has 0 radical (unpaired) electrons. The number of rotatable bonds is 7. The van der Waals surface area contributed by atoms with Gasteiger partial charge in [0.2, 0.25) is 5.75 Å². The first-order chi connectivity index (χ1) is 16.8. The highest BCUT2D eigenvalue weighted by Gasteiger charge is 2.22. The SMILES string of the molecule is COc1cc(C=Nn2c(=O)[nH]c3ccccc3c2=O)cc([N+](=O)[O-])c1OCc1ccc(Br)cc1Br. The predicted molar refractivity (Wildman–Crippen MR) is 138 cm³/mol. The Kier molecular flexibility index (Phi) is 7.12. The van der Waals surface area contributed by atoms with Gasteiger partial charge < -0.3 is 14.5 Å². The van der Waals surface area contributed by atoms with E-state index in [0.29, 0.717) is 10.2 Å². The molecule has 12 heteroatoms. The third kappa shape index (κ3) is 5.17. The molecule has 0 spiro atoms. The number of aromatic nitrogens is 2. The predicted octanol–water partition coefficient (Wildman–Crippen LogP) is 4.59. The number of hydrogen-bond donors (Lipinski definition) is 1. The number of nitro benzene ring substituents is 1. The second-order valence-electron chi connectivity index (χ2n) is 7.19. The van der Waals surface area contributed by atoms with Gasteiger partial charge in [0, 0.05) is 26.1 Å². The number of ether oxygens (including phenoxy) is 2. The third-order valence-electron chi connectivity index (χ3n) is 4.97. The lowest BCUT2D eigenvalue weighted by Crippen LogP contribution is -2.32. The highest BCUT2D eigenvalue weighted by atomic mass is 79.9. The van der Waals surface area contributed by atoms with Crippen LogP contribution in [0.3, 0.4) is 0 Å². The molecular weight excluding hydrogens is 588 g/mol. The molecule has 35 heavy (non-hydrogen) atoms. The fourth-order valence-corrected chi connectivity index (χ4v) is 4.45. The van der Waals surface area contributed by atoms with E-state index in [1.165, 1.54) is 19.2 Å². The summed E-state index contributed by atoms with van der Waals surface area (Å²) in [5.41, 5.74) is -0.354. The van der Waals surface area contributed by atoms with E-state index in [-0.39, 0.29) is 34.7 Å². The van der Waals surface area contributed by atoms with Gasteiger partial charge in [-0.15, -0.1) is 4.68 Å². The van der Waals surface area contributed by atoms with Crippen molar-refractivity contribution in [2.75, 3.05) is 7.11 Å². The molecule has 4 aromatic rings. The summed E-state index contributed by atoms with van der Waals surface area (Å²) in [5, 5.41) is 16.0. The molecule has 0 saturated carbocycles. The Balaban J connectivity index is 1.71. The standard InChI is InChI=1S/C23H16Br2N4O6/c1-34-20-9-13(11-26-28-22(30)16-4-2-3-5-18(16)27-23(28)31)8-19(29(32)33)21(20)35-12-14-6-7-15(24)10-17(14)25/h2-11H,12H2,1H3,(H,27,31).